The molecule has 0 saturated carbocycles. The van der Waals surface area contributed by atoms with Gasteiger partial charge < -0.3 is 20.1 Å². The van der Waals surface area contributed by atoms with Crippen LogP contribution in [0.3, 0.4) is 0 Å². The third kappa shape index (κ3) is 4.71. The number of carbonyl (C=O) groups excluding carboxylic acids is 1. The Balaban J connectivity index is 1.58. The van der Waals surface area contributed by atoms with Gasteiger partial charge in [-0.15, -0.1) is 0 Å². The summed E-state index contributed by atoms with van der Waals surface area (Å²) in [7, 11) is 1.58. The maximum absolute atomic E-state index is 12.1. The van der Waals surface area contributed by atoms with Gasteiger partial charge in [0.05, 0.1) is 7.11 Å². The van der Waals surface area contributed by atoms with Crippen LogP contribution < -0.4 is 20.1 Å². The van der Waals surface area contributed by atoms with E-state index in [0.29, 0.717) is 28.6 Å². The first-order valence-corrected chi connectivity index (χ1v) is 7.63. The summed E-state index contributed by atoms with van der Waals surface area (Å²) in [5.41, 5.74) is 1.30. The summed E-state index contributed by atoms with van der Waals surface area (Å²) in [4.78, 5) is 16.0. The van der Waals surface area contributed by atoms with E-state index in [9.17, 15) is 4.79 Å². The van der Waals surface area contributed by atoms with Gasteiger partial charge in [0, 0.05) is 29.8 Å². The Morgan fingerprint density at radius 2 is 1.52 bits per heavy atom. The Morgan fingerprint density at radius 1 is 0.840 bits per heavy atom. The number of pyridine rings is 1. The van der Waals surface area contributed by atoms with Crippen LogP contribution in [0.15, 0.2) is 73.1 Å². The van der Waals surface area contributed by atoms with Crippen molar-refractivity contribution in [2.45, 2.75) is 0 Å². The Kier molecular flexibility index (Phi) is 5.11. The second-order valence-electron chi connectivity index (χ2n) is 5.12. The Labute approximate surface area is 145 Å². The van der Waals surface area contributed by atoms with E-state index in [4.69, 9.17) is 9.47 Å². The van der Waals surface area contributed by atoms with Gasteiger partial charge in [-0.2, -0.15) is 0 Å². The molecule has 0 fully saturated rings. The van der Waals surface area contributed by atoms with Gasteiger partial charge in [-0.1, -0.05) is 6.07 Å². The molecule has 0 aliphatic carbocycles. The van der Waals surface area contributed by atoms with E-state index in [-0.39, 0.29) is 6.03 Å². The molecule has 0 aliphatic rings. The smallest absolute Gasteiger partial charge is 0.323 e. The normalized spacial score (nSPS) is 9.96. The second-order valence-corrected chi connectivity index (χ2v) is 5.12. The summed E-state index contributed by atoms with van der Waals surface area (Å²) in [5, 5.41) is 5.51. The van der Waals surface area contributed by atoms with Crippen molar-refractivity contribution < 1.29 is 14.3 Å². The number of carbonyl (C=O) groups is 1. The topological polar surface area (TPSA) is 72.5 Å². The number of rotatable bonds is 5. The first-order chi connectivity index (χ1) is 12.2. The van der Waals surface area contributed by atoms with Crippen LogP contribution in [0.25, 0.3) is 0 Å². The predicted octanol–water partition coefficient (Wildman–Crippen LogP) is 4.53. The fourth-order valence-corrected chi connectivity index (χ4v) is 2.14. The summed E-state index contributed by atoms with van der Waals surface area (Å²) in [6, 6.07) is 17.4. The predicted molar refractivity (Wildman–Crippen MR) is 96.4 cm³/mol. The summed E-state index contributed by atoms with van der Waals surface area (Å²) in [6.07, 6.45) is 3.32. The van der Waals surface area contributed by atoms with Crippen LogP contribution in [0.5, 0.6) is 17.2 Å². The van der Waals surface area contributed by atoms with Crippen LogP contribution >= 0.6 is 0 Å². The minimum Gasteiger partial charge on any atom is -0.497 e. The summed E-state index contributed by atoms with van der Waals surface area (Å²) in [6.45, 7) is 0. The zero-order chi connectivity index (χ0) is 17.5. The minimum absolute atomic E-state index is 0.337. The van der Waals surface area contributed by atoms with E-state index >= 15 is 0 Å². The molecule has 1 heterocycles. The monoisotopic (exact) mass is 335 g/mol. The standard InChI is InChI=1S/C19H17N3O3/c1-24-18-4-2-3-15(13-18)22-19(23)21-14-5-7-16(8-6-14)25-17-9-11-20-12-10-17/h2-13H,1H3,(H2,21,22,23). The van der Waals surface area contributed by atoms with E-state index in [1.165, 1.54) is 0 Å². The molecule has 126 valence electrons. The largest absolute Gasteiger partial charge is 0.497 e. The molecule has 0 spiro atoms. The molecule has 2 aromatic carbocycles. The van der Waals surface area contributed by atoms with Crippen LogP contribution in [0.4, 0.5) is 16.2 Å². The molecule has 1 aromatic heterocycles. The first-order valence-electron chi connectivity index (χ1n) is 7.63. The Bertz CT molecular complexity index is 836. The fraction of sp³-hybridized carbons (Fsp3) is 0.0526. The number of hydrogen-bond acceptors (Lipinski definition) is 4. The van der Waals surface area contributed by atoms with Crippen LogP contribution in [0, 0.1) is 0 Å². The molecule has 0 saturated heterocycles. The van der Waals surface area contributed by atoms with Crippen molar-refractivity contribution in [2.24, 2.45) is 0 Å². The van der Waals surface area contributed by atoms with Crippen molar-refractivity contribution in [1.82, 2.24) is 4.98 Å². The van der Waals surface area contributed by atoms with E-state index in [2.05, 4.69) is 15.6 Å². The van der Waals surface area contributed by atoms with E-state index < -0.39 is 0 Å². The van der Waals surface area contributed by atoms with Crippen LogP contribution in [-0.4, -0.2) is 18.1 Å². The third-order valence-corrected chi connectivity index (χ3v) is 3.33. The van der Waals surface area contributed by atoms with Crippen molar-refractivity contribution in [3.8, 4) is 17.2 Å². The SMILES string of the molecule is COc1cccc(NC(=O)Nc2ccc(Oc3ccncc3)cc2)c1. The molecule has 6 heteroatoms. The highest BCUT2D eigenvalue weighted by Gasteiger charge is 2.04. The van der Waals surface area contributed by atoms with Crippen molar-refractivity contribution in [3.05, 3.63) is 73.1 Å². The van der Waals surface area contributed by atoms with Gasteiger partial charge in [-0.25, -0.2) is 4.79 Å². The number of nitrogens with zero attached hydrogens (tertiary/aromatic N) is 1. The molecular formula is C19H17N3O3. The van der Waals surface area contributed by atoms with Gasteiger partial charge >= 0.3 is 6.03 Å². The number of amides is 2. The Morgan fingerprint density at radius 3 is 2.24 bits per heavy atom. The molecular weight excluding hydrogens is 318 g/mol. The third-order valence-electron chi connectivity index (χ3n) is 3.33. The van der Waals surface area contributed by atoms with Gasteiger partial charge in [0.1, 0.15) is 17.2 Å². The molecule has 3 rings (SSSR count). The number of hydrogen-bond donors (Lipinski definition) is 2. The first kappa shape index (κ1) is 16.3. The van der Waals surface area contributed by atoms with Crippen LogP contribution in [0.2, 0.25) is 0 Å². The molecule has 6 nitrogen and oxygen atoms in total. The highest BCUT2D eigenvalue weighted by Crippen LogP contribution is 2.22. The summed E-state index contributed by atoms with van der Waals surface area (Å²) in [5.74, 6) is 2.05. The highest BCUT2D eigenvalue weighted by molar-refractivity contribution is 5.99. The summed E-state index contributed by atoms with van der Waals surface area (Å²) >= 11 is 0. The molecule has 2 amide bonds. The lowest BCUT2D eigenvalue weighted by Crippen LogP contribution is -2.19. The van der Waals surface area contributed by atoms with Gasteiger partial charge in [0.15, 0.2) is 0 Å². The second kappa shape index (κ2) is 7.83. The molecule has 25 heavy (non-hydrogen) atoms. The van der Waals surface area contributed by atoms with E-state index in [0.717, 1.165) is 0 Å². The fourth-order valence-electron chi connectivity index (χ4n) is 2.14. The lowest BCUT2D eigenvalue weighted by molar-refractivity contribution is 0.262. The zero-order valence-electron chi connectivity index (χ0n) is 13.6. The average Bonchev–Trinajstić information content (AvgIpc) is 2.64. The van der Waals surface area contributed by atoms with Gasteiger partial charge in [0.25, 0.3) is 0 Å². The van der Waals surface area contributed by atoms with Gasteiger partial charge in [0.2, 0.25) is 0 Å². The number of urea groups is 1. The highest BCUT2D eigenvalue weighted by atomic mass is 16.5. The molecule has 0 atom stereocenters. The molecule has 0 unspecified atom stereocenters. The molecule has 2 N–H and O–H groups in total. The zero-order valence-corrected chi connectivity index (χ0v) is 13.6. The lowest BCUT2D eigenvalue weighted by atomic mass is 10.3. The number of ether oxygens (including phenoxy) is 2. The number of anilines is 2. The maximum Gasteiger partial charge on any atom is 0.323 e. The molecule has 0 radical (unpaired) electrons. The van der Waals surface area contributed by atoms with Crippen molar-refractivity contribution in [3.63, 3.8) is 0 Å². The van der Waals surface area contributed by atoms with Crippen LogP contribution in [-0.2, 0) is 0 Å². The van der Waals surface area contributed by atoms with Crippen molar-refractivity contribution in [1.29, 1.82) is 0 Å². The number of benzene rings is 2. The van der Waals surface area contributed by atoms with Gasteiger partial charge in [-0.05, 0) is 48.5 Å². The van der Waals surface area contributed by atoms with Gasteiger partial charge in [-0.3, -0.25) is 4.98 Å². The van der Waals surface area contributed by atoms with Crippen molar-refractivity contribution >= 4 is 17.4 Å². The number of nitrogens with one attached hydrogen (secondary N) is 2. The van der Waals surface area contributed by atoms with E-state index in [1.807, 2.05) is 6.07 Å². The molecule has 0 bridgehead atoms. The van der Waals surface area contributed by atoms with Crippen molar-refractivity contribution in [2.75, 3.05) is 17.7 Å². The van der Waals surface area contributed by atoms with E-state index in [1.54, 1.807) is 74.1 Å². The Hall–Kier alpha value is -3.54. The molecule has 0 aliphatic heterocycles. The quantitative estimate of drug-likeness (QED) is 0.719. The summed E-state index contributed by atoms with van der Waals surface area (Å²) < 4.78 is 10.8. The lowest BCUT2D eigenvalue weighted by Gasteiger charge is -2.10. The maximum atomic E-state index is 12.1. The number of aromatic nitrogens is 1. The number of methoxy groups -OCH3 is 1. The average molecular weight is 335 g/mol. The minimum atomic E-state index is -0.337. The van der Waals surface area contributed by atoms with Crippen LogP contribution in [0.1, 0.15) is 0 Å². The molecule has 3 aromatic rings.